The fraction of sp³-hybridized carbons (Fsp3) is 0.650. The van der Waals surface area contributed by atoms with E-state index < -0.39 is 0 Å². The SMILES string of the molecule is COCCCN(Cc1ccc(C)cc1)C(=O)C1CC12CCNCC2. The van der Waals surface area contributed by atoms with Crippen molar-refractivity contribution >= 4 is 5.91 Å². The van der Waals surface area contributed by atoms with Gasteiger partial charge in [-0.25, -0.2) is 0 Å². The van der Waals surface area contributed by atoms with E-state index in [1.54, 1.807) is 7.11 Å². The maximum Gasteiger partial charge on any atom is 0.226 e. The maximum absolute atomic E-state index is 13.1. The minimum absolute atomic E-state index is 0.243. The molecule has 0 radical (unpaired) electrons. The van der Waals surface area contributed by atoms with Gasteiger partial charge >= 0.3 is 0 Å². The first-order chi connectivity index (χ1) is 11.6. The molecule has 3 rings (SSSR count). The van der Waals surface area contributed by atoms with Gasteiger partial charge in [-0.3, -0.25) is 4.79 Å². The molecule has 2 fully saturated rings. The van der Waals surface area contributed by atoms with Crippen molar-refractivity contribution in [2.45, 2.75) is 39.2 Å². The van der Waals surface area contributed by atoms with Crippen LogP contribution in [0.2, 0.25) is 0 Å². The highest BCUT2D eigenvalue weighted by Gasteiger charge is 2.58. The van der Waals surface area contributed by atoms with E-state index >= 15 is 0 Å². The van der Waals surface area contributed by atoms with Crippen LogP contribution in [0.4, 0.5) is 0 Å². The van der Waals surface area contributed by atoms with Crippen molar-refractivity contribution in [1.29, 1.82) is 0 Å². The Labute approximate surface area is 145 Å². The van der Waals surface area contributed by atoms with E-state index in [2.05, 4.69) is 41.4 Å². The van der Waals surface area contributed by atoms with Gasteiger partial charge in [-0.1, -0.05) is 29.8 Å². The molecule has 0 aromatic heterocycles. The van der Waals surface area contributed by atoms with Crippen molar-refractivity contribution in [3.05, 3.63) is 35.4 Å². The summed E-state index contributed by atoms with van der Waals surface area (Å²) in [5.41, 5.74) is 2.77. The number of nitrogens with one attached hydrogen (secondary N) is 1. The largest absolute Gasteiger partial charge is 0.385 e. The molecular weight excluding hydrogens is 300 g/mol. The van der Waals surface area contributed by atoms with Gasteiger partial charge in [0.25, 0.3) is 0 Å². The van der Waals surface area contributed by atoms with E-state index in [0.717, 1.165) is 45.3 Å². The average molecular weight is 330 g/mol. The fourth-order valence-corrected chi connectivity index (χ4v) is 3.98. The third-order valence-electron chi connectivity index (χ3n) is 5.67. The van der Waals surface area contributed by atoms with Crippen molar-refractivity contribution < 1.29 is 9.53 Å². The van der Waals surface area contributed by atoms with Crippen LogP contribution in [0.25, 0.3) is 0 Å². The van der Waals surface area contributed by atoms with Crippen LogP contribution in [0.15, 0.2) is 24.3 Å². The van der Waals surface area contributed by atoms with Crippen LogP contribution < -0.4 is 5.32 Å². The molecule has 0 bridgehead atoms. The summed E-state index contributed by atoms with van der Waals surface area (Å²) in [5.74, 6) is 0.598. The predicted molar refractivity (Wildman–Crippen MR) is 95.7 cm³/mol. The number of aryl methyl sites for hydroxylation is 1. The lowest BCUT2D eigenvalue weighted by Crippen LogP contribution is -2.37. The van der Waals surface area contributed by atoms with Crippen molar-refractivity contribution in [3.63, 3.8) is 0 Å². The maximum atomic E-state index is 13.1. The number of amides is 1. The summed E-state index contributed by atoms with van der Waals surface area (Å²) in [5, 5.41) is 3.41. The van der Waals surface area contributed by atoms with Gasteiger partial charge in [0.05, 0.1) is 0 Å². The number of nitrogens with zero attached hydrogens (tertiary/aromatic N) is 1. The number of hydrogen-bond acceptors (Lipinski definition) is 3. The lowest BCUT2D eigenvalue weighted by atomic mass is 9.91. The quantitative estimate of drug-likeness (QED) is 0.782. The van der Waals surface area contributed by atoms with Crippen LogP contribution in [0.3, 0.4) is 0 Å². The molecule has 1 aliphatic heterocycles. The van der Waals surface area contributed by atoms with E-state index in [9.17, 15) is 4.79 Å². The Balaban J connectivity index is 1.65. The number of methoxy groups -OCH3 is 1. The number of ether oxygens (including phenoxy) is 1. The lowest BCUT2D eigenvalue weighted by Gasteiger charge is -2.27. The zero-order valence-electron chi connectivity index (χ0n) is 15.0. The molecule has 24 heavy (non-hydrogen) atoms. The van der Waals surface area contributed by atoms with Gasteiger partial charge in [0.1, 0.15) is 0 Å². The topological polar surface area (TPSA) is 41.6 Å². The number of benzene rings is 1. The lowest BCUT2D eigenvalue weighted by molar-refractivity contribution is -0.134. The Bertz CT molecular complexity index is 549. The van der Waals surface area contributed by atoms with Gasteiger partial charge in [-0.2, -0.15) is 0 Å². The minimum Gasteiger partial charge on any atom is -0.385 e. The Morgan fingerprint density at radius 1 is 1.29 bits per heavy atom. The average Bonchev–Trinajstić information content (AvgIpc) is 3.29. The summed E-state index contributed by atoms with van der Waals surface area (Å²) < 4.78 is 5.18. The summed E-state index contributed by atoms with van der Waals surface area (Å²) in [7, 11) is 1.72. The van der Waals surface area contributed by atoms with Crippen molar-refractivity contribution in [2.75, 3.05) is 33.4 Å². The monoisotopic (exact) mass is 330 g/mol. The highest BCUT2D eigenvalue weighted by molar-refractivity contribution is 5.82. The molecule has 1 saturated carbocycles. The highest BCUT2D eigenvalue weighted by Crippen LogP contribution is 2.59. The number of carbonyl (C=O) groups excluding carboxylic acids is 1. The van der Waals surface area contributed by atoms with Crippen LogP contribution in [-0.4, -0.2) is 44.2 Å². The Hall–Kier alpha value is -1.39. The molecule has 1 aliphatic carbocycles. The molecule has 1 amide bonds. The molecule has 4 nitrogen and oxygen atoms in total. The second-order valence-corrected chi connectivity index (χ2v) is 7.46. The van der Waals surface area contributed by atoms with Crippen LogP contribution in [0.5, 0.6) is 0 Å². The van der Waals surface area contributed by atoms with Crippen molar-refractivity contribution in [1.82, 2.24) is 10.2 Å². The van der Waals surface area contributed by atoms with Gasteiger partial charge < -0.3 is 15.0 Å². The zero-order valence-corrected chi connectivity index (χ0v) is 15.0. The van der Waals surface area contributed by atoms with E-state index in [4.69, 9.17) is 4.74 Å². The van der Waals surface area contributed by atoms with E-state index in [1.807, 2.05) is 0 Å². The summed E-state index contributed by atoms with van der Waals surface area (Å²) in [4.78, 5) is 15.2. The molecule has 1 aromatic rings. The predicted octanol–water partition coefficient (Wildman–Crippen LogP) is 2.75. The molecule has 132 valence electrons. The molecule has 4 heteroatoms. The molecule has 1 heterocycles. The molecule has 1 N–H and O–H groups in total. The first kappa shape index (κ1) is 17.4. The molecule has 1 aromatic carbocycles. The normalized spacial score (nSPS) is 21.7. The molecule has 1 spiro atoms. The second-order valence-electron chi connectivity index (χ2n) is 7.46. The fourth-order valence-electron chi connectivity index (χ4n) is 3.98. The van der Waals surface area contributed by atoms with E-state index in [-0.39, 0.29) is 5.92 Å². The number of rotatable bonds is 7. The summed E-state index contributed by atoms with van der Waals surface area (Å²) >= 11 is 0. The van der Waals surface area contributed by atoms with Gasteiger partial charge in [0, 0.05) is 32.7 Å². The summed E-state index contributed by atoms with van der Waals surface area (Å²) in [6.07, 6.45) is 4.29. The number of hydrogen-bond donors (Lipinski definition) is 1. The summed E-state index contributed by atoms with van der Waals surface area (Å²) in [6.45, 7) is 6.42. The Morgan fingerprint density at radius 3 is 2.67 bits per heavy atom. The summed E-state index contributed by atoms with van der Waals surface area (Å²) in [6, 6.07) is 8.52. The Kier molecular flexibility index (Phi) is 5.57. The third-order valence-corrected chi connectivity index (χ3v) is 5.67. The molecule has 1 saturated heterocycles. The zero-order chi connectivity index (χ0) is 17.0. The van der Waals surface area contributed by atoms with Crippen molar-refractivity contribution in [3.8, 4) is 0 Å². The van der Waals surface area contributed by atoms with E-state index in [1.165, 1.54) is 11.1 Å². The first-order valence-electron chi connectivity index (χ1n) is 9.19. The molecule has 2 aliphatic rings. The van der Waals surface area contributed by atoms with Crippen molar-refractivity contribution in [2.24, 2.45) is 11.3 Å². The number of piperidine rings is 1. The van der Waals surface area contributed by atoms with Gasteiger partial charge in [0.2, 0.25) is 5.91 Å². The highest BCUT2D eigenvalue weighted by atomic mass is 16.5. The van der Waals surface area contributed by atoms with Gasteiger partial charge in [-0.05, 0) is 56.7 Å². The molecule has 1 atom stereocenters. The third kappa shape index (κ3) is 3.98. The van der Waals surface area contributed by atoms with Crippen LogP contribution in [0.1, 0.15) is 36.8 Å². The first-order valence-corrected chi connectivity index (χ1v) is 9.19. The molecular formula is C20H30N2O2. The number of carbonyl (C=O) groups is 1. The van der Waals surface area contributed by atoms with Crippen LogP contribution in [-0.2, 0) is 16.1 Å². The van der Waals surface area contributed by atoms with Gasteiger partial charge in [-0.15, -0.1) is 0 Å². The van der Waals surface area contributed by atoms with Gasteiger partial charge in [0.15, 0.2) is 0 Å². The van der Waals surface area contributed by atoms with Crippen LogP contribution >= 0.6 is 0 Å². The van der Waals surface area contributed by atoms with Crippen LogP contribution in [0, 0.1) is 18.3 Å². The molecule has 1 unspecified atom stereocenters. The standard InChI is InChI=1S/C20H30N2O2/c1-16-4-6-17(7-5-16)15-22(12-3-13-24-2)19(23)18-14-20(18)8-10-21-11-9-20/h4-7,18,21H,3,8-15H2,1-2H3. The minimum atomic E-state index is 0.243. The van der Waals surface area contributed by atoms with E-state index in [0.29, 0.717) is 24.5 Å². The second kappa shape index (κ2) is 7.66. The Morgan fingerprint density at radius 2 is 2.00 bits per heavy atom. The smallest absolute Gasteiger partial charge is 0.226 e.